The van der Waals surface area contributed by atoms with Gasteiger partial charge in [0.15, 0.2) is 0 Å². The van der Waals surface area contributed by atoms with Gasteiger partial charge in [-0.25, -0.2) is 4.39 Å². The van der Waals surface area contributed by atoms with Crippen molar-refractivity contribution in [1.29, 1.82) is 0 Å². The lowest BCUT2D eigenvalue weighted by Gasteiger charge is -2.13. The second kappa shape index (κ2) is 7.76. The number of hydrogen-bond acceptors (Lipinski definition) is 3. The summed E-state index contributed by atoms with van der Waals surface area (Å²) in [5, 5.41) is 12.2. The maximum absolute atomic E-state index is 13.9. The standard InChI is InChI=1S/C17H20FNO2/c1-2-10-19-11-15-16(18)4-3-5-17(15)21-14-8-6-13(12-20)7-9-14/h3-9,19-20H,2,10-12H2,1H3. The van der Waals surface area contributed by atoms with Crippen molar-refractivity contribution >= 4 is 0 Å². The summed E-state index contributed by atoms with van der Waals surface area (Å²) in [6.45, 7) is 3.32. The number of rotatable bonds is 7. The van der Waals surface area contributed by atoms with Gasteiger partial charge in [-0.3, -0.25) is 0 Å². The van der Waals surface area contributed by atoms with Crippen molar-refractivity contribution in [2.75, 3.05) is 6.54 Å². The summed E-state index contributed by atoms with van der Waals surface area (Å²) < 4.78 is 19.7. The summed E-state index contributed by atoms with van der Waals surface area (Å²) in [5.41, 5.74) is 1.34. The minimum atomic E-state index is -0.275. The predicted molar refractivity (Wildman–Crippen MR) is 80.8 cm³/mol. The molecule has 0 radical (unpaired) electrons. The van der Waals surface area contributed by atoms with Crippen molar-refractivity contribution in [2.24, 2.45) is 0 Å². The Hall–Kier alpha value is -1.91. The summed E-state index contributed by atoms with van der Waals surface area (Å²) >= 11 is 0. The van der Waals surface area contributed by atoms with Crippen LogP contribution >= 0.6 is 0 Å². The maximum Gasteiger partial charge on any atom is 0.134 e. The molecule has 0 aliphatic rings. The Labute approximate surface area is 124 Å². The number of aliphatic hydroxyl groups excluding tert-OH is 1. The van der Waals surface area contributed by atoms with E-state index in [0.717, 1.165) is 18.5 Å². The summed E-state index contributed by atoms with van der Waals surface area (Å²) in [6, 6.07) is 11.9. The molecule has 0 aliphatic heterocycles. The van der Waals surface area contributed by atoms with Crippen LogP contribution in [0.4, 0.5) is 4.39 Å². The summed E-state index contributed by atoms with van der Waals surface area (Å²) in [6.07, 6.45) is 0.993. The van der Waals surface area contributed by atoms with E-state index in [0.29, 0.717) is 23.6 Å². The Bertz CT molecular complexity index is 570. The normalized spacial score (nSPS) is 10.6. The van der Waals surface area contributed by atoms with Crippen molar-refractivity contribution < 1.29 is 14.2 Å². The molecule has 0 aliphatic carbocycles. The average molecular weight is 289 g/mol. The quantitative estimate of drug-likeness (QED) is 0.765. The molecule has 0 amide bonds. The van der Waals surface area contributed by atoms with Crippen LogP contribution in [0.25, 0.3) is 0 Å². The van der Waals surface area contributed by atoms with E-state index in [4.69, 9.17) is 9.84 Å². The first-order chi connectivity index (χ1) is 10.2. The van der Waals surface area contributed by atoms with Crippen LogP contribution in [0.3, 0.4) is 0 Å². The van der Waals surface area contributed by atoms with Gasteiger partial charge in [-0.15, -0.1) is 0 Å². The summed E-state index contributed by atoms with van der Waals surface area (Å²) in [7, 11) is 0. The number of ether oxygens (including phenoxy) is 1. The third-order valence-electron chi connectivity index (χ3n) is 3.14. The van der Waals surface area contributed by atoms with Crippen LogP contribution in [0, 0.1) is 5.82 Å². The first-order valence-electron chi connectivity index (χ1n) is 7.10. The number of nitrogens with one attached hydrogen (secondary N) is 1. The van der Waals surface area contributed by atoms with Gasteiger partial charge in [0.25, 0.3) is 0 Å². The second-order valence-electron chi connectivity index (χ2n) is 4.80. The van der Waals surface area contributed by atoms with Crippen LogP contribution < -0.4 is 10.1 Å². The molecular weight excluding hydrogens is 269 g/mol. The number of benzene rings is 2. The zero-order valence-electron chi connectivity index (χ0n) is 12.1. The van der Waals surface area contributed by atoms with E-state index >= 15 is 0 Å². The minimum Gasteiger partial charge on any atom is -0.457 e. The highest BCUT2D eigenvalue weighted by atomic mass is 19.1. The topological polar surface area (TPSA) is 41.5 Å². The molecule has 112 valence electrons. The van der Waals surface area contributed by atoms with Gasteiger partial charge >= 0.3 is 0 Å². The molecule has 2 N–H and O–H groups in total. The molecule has 0 heterocycles. The number of aliphatic hydroxyl groups is 1. The number of hydrogen-bond donors (Lipinski definition) is 2. The summed E-state index contributed by atoms with van der Waals surface area (Å²) in [5.74, 6) is 0.855. The monoisotopic (exact) mass is 289 g/mol. The lowest BCUT2D eigenvalue weighted by Crippen LogP contribution is -2.15. The molecule has 0 saturated heterocycles. The zero-order valence-corrected chi connectivity index (χ0v) is 12.1. The van der Waals surface area contributed by atoms with Crippen molar-refractivity contribution in [3.8, 4) is 11.5 Å². The van der Waals surface area contributed by atoms with Gasteiger partial charge in [-0.05, 0) is 42.8 Å². The lowest BCUT2D eigenvalue weighted by molar-refractivity contribution is 0.281. The van der Waals surface area contributed by atoms with Gasteiger partial charge in [-0.1, -0.05) is 25.1 Å². The van der Waals surface area contributed by atoms with Gasteiger partial charge in [-0.2, -0.15) is 0 Å². The molecule has 0 aromatic heterocycles. The molecule has 2 aromatic carbocycles. The van der Waals surface area contributed by atoms with Crippen molar-refractivity contribution in [3.63, 3.8) is 0 Å². The van der Waals surface area contributed by atoms with Gasteiger partial charge < -0.3 is 15.2 Å². The largest absolute Gasteiger partial charge is 0.457 e. The van der Waals surface area contributed by atoms with Gasteiger partial charge in [0.05, 0.1) is 6.61 Å². The highest BCUT2D eigenvalue weighted by molar-refractivity contribution is 5.39. The minimum absolute atomic E-state index is 0.00751. The first-order valence-corrected chi connectivity index (χ1v) is 7.10. The van der Waals surface area contributed by atoms with Gasteiger partial charge in [0.1, 0.15) is 17.3 Å². The molecule has 2 rings (SSSR count). The second-order valence-corrected chi connectivity index (χ2v) is 4.80. The van der Waals surface area contributed by atoms with Crippen LogP contribution in [0.1, 0.15) is 24.5 Å². The highest BCUT2D eigenvalue weighted by Gasteiger charge is 2.10. The lowest BCUT2D eigenvalue weighted by atomic mass is 10.1. The Morgan fingerprint density at radius 3 is 2.57 bits per heavy atom. The van der Waals surface area contributed by atoms with E-state index in [-0.39, 0.29) is 12.4 Å². The van der Waals surface area contributed by atoms with E-state index in [1.807, 2.05) is 0 Å². The molecule has 0 bridgehead atoms. The van der Waals surface area contributed by atoms with Crippen LogP contribution in [0.5, 0.6) is 11.5 Å². The van der Waals surface area contributed by atoms with Crippen LogP contribution in [-0.2, 0) is 13.2 Å². The molecule has 0 atom stereocenters. The Balaban J connectivity index is 2.15. The SMILES string of the molecule is CCCNCc1c(F)cccc1Oc1ccc(CO)cc1. The van der Waals surface area contributed by atoms with Crippen LogP contribution in [0.2, 0.25) is 0 Å². The smallest absolute Gasteiger partial charge is 0.134 e. The van der Waals surface area contributed by atoms with E-state index in [1.165, 1.54) is 6.07 Å². The van der Waals surface area contributed by atoms with Gasteiger partial charge in [0, 0.05) is 12.1 Å². The fourth-order valence-corrected chi connectivity index (χ4v) is 1.99. The summed E-state index contributed by atoms with van der Waals surface area (Å²) in [4.78, 5) is 0. The molecule has 0 unspecified atom stereocenters. The third-order valence-corrected chi connectivity index (χ3v) is 3.14. The van der Waals surface area contributed by atoms with Crippen molar-refractivity contribution in [3.05, 3.63) is 59.4 Å². The third kappa shape index (κ3) is 4.28. The van der Waals surface area contributed by atoms with E-state index in [2.05, 4.69) is 12.2 Å². The Kier molecular flexibility index (Phi) is 5.72. The Morgan fingerprint density at radius 1 is 1.14 bits per heavy atom. The van der Waals surface area contributed by atoms with Crippen molar-refractivity contribution in [2.45, 2.75) is 26.5 Å². The first kappa shape index (κ1) is 15.5. The highest BCUT2D eigenvalue weighted by Crippen LogP contribution is 2.27. The average Bonchev–Trinajstić information content (AvgIpc) is 2.51. The molecule has 3 nitrogen and oxygen atoms in total. The fraction of sp³-hybridized carbons (Fsp3) is 0.294. The molecule has 0 saturated carbocycles. The van der Waals surface area contributed by atoms with Crippen LogP contribution in [0.15, 0.2) is 42.5 Å². The van der Waals surface area contributed by atoms with Gasteiger partial charge in [0.2, 0.25) is 0 Å². The molecule has 4 heteroatoms. The van der Waals surface area contributed by atoms with E-state index < -0.39 is 0 Å². The van der Waals surface area contributed by atoms with Crippen LogP contribution in [-0.4, -0.2) is 11.7 Å². The van der Waals surface area contributed by atoms with Crippen molar-refractivity contribution in [1.82, 2.24) is 5.32 Å². The molecule has 21 heavy (non-hydrogen) atoms. The van der Waals surface area contributed by atoms with E-state index in [9.17, 15) is 4.39 Å². The molecule has 0 spiro atoms. The molecular formula is C17H20FNO2. The fourth-order valence-electron chi connectivity index (χ4n) is 1.99. The maximum atomic E-state index is 13.9. The Morgan fingerprint density at radius 2 is 1.90 bits per heavy atom. The number of halogens is 1. The predicted octanol–water partition coefficient (Wildman–Crippen LogP) is 3.61. The zero-order chi connectivity index (χ0) is 15.1. The molecule has 2 aromatic rings. The molecule has 0 fully saturated rings. The van der Waals surface area contributed by atoms with E-state index in [1.54, 1.807) is 36.4 Å².